The molecule has 0 unspecified atom stereocenters. The quantitative estimate of drug-likeness (QED) is 0.284. The van der Waals surface area contributed by atoms with Gasteiger partial charge in [-0.05, 0) is 57.0 Å². The molecule has 0 bridgehead atoms. The molecule has 0 aliphatic rings. The van der Waals surface area contributed by atoms with E-state index >= 15 is 0 Å². The number of esters is 1. The summed E-state index contributed by atoms with van der Waals surface area (Å²) in [5, 5.41) is 10.0. The van der Waals surface area contributed by atoms with Gasteiger partial charge in [-0.25, -0.2) is 9.78 Å². The second kappa shape index (κ2) is 10.2. The molecule has 0 fully saturated rings. The minimum Gasteiger partial charge on any atom is -0.451 e. The largest absolute Gasteiger partial charge is 0.451 e. The van der Waals surface area contributed by atoms with Gasteiger partial charge < -0.3 is 9.30 Å². The van der Waals surface area contributed by atoms with E-state index in [-0.39, 0.29) is 5.57 Å². The number of fused-ring (bicyclic) bond motifs is 1. The Morgan fingerprint density at radius 2 is 2.03 bits per heavy atom. The van der Waals surface area contributed by atoms with Crippen molar-refractivity contribution in [1.29, 1.82) is 5.26 Å². The maximum Gasteiger partial charge on any atom is 0.349 e. The Morgan fingerprint density at radius 3 is 2.69 bits per heavy atom. The summed E-state index contributed by atoms with van der Waals surface area (Å²) in [6, 6.07) is 11.5. The summed E-state index contributed by atoms with van der Waals surface area (Å²) in [6.07, 6.45) is 2.50. The Kier molecular flexibility index (Phi) is 7.44. The molecule has 7 nitrogen and oxygen atoms in total. The Bertz CT molecular complexity index is 1180. The van der Waals surface area contributed by atoms with Crippen LogP contribution in [0.2, 0.25) is 0 Å². The van der Waals surface area contributed by atoms with E-state index < -0.39 is 18.5 Å². The van der Waals surface area contributed by atoms with E-state index in [0.29, 0.717) is 11.7 Å². The predicted molar refractivity (Wildman–Crippen MR) is 126 cm³/mol. The third-order valence-electron chi connectivity index (χ3n) is 5.16. The molecule has 0 aliphatic heterocycles. The lowest BCUT2D eigenvalue weighted by Gasteiger charge is -2.17. The van der Waals surface area contributed by atoms with E-state index in [1.807, 2.05) is 57.2 Å². The minimum absolute atomic E-state index is 0.141. The zero-order valence-electron chi connectivity index (χ0n) is 18.7. The van der Waals surface area contributed by atoms with Crippen LogP contribution in [-0.2, 0) is 20.9 Å². The van der Waals surface area contributed by atoms with E-state index in [2.05, 4.69) is 16.5 Å². The summed E-state index contributed by atoms with van der Waals surface area (Å²) in [6.45, 7) is 8.66. The Hall–Kier alpha value is -3.44. The van der Waals surface area contributed by atoms with Gasteiger partial charge in [0.2, 0.25) is 0 Å². The Balaban J connectivity index is 1.71. The predicted octanol–water partition coefficient (Wildman–Crippen LogP) is 4.63. The zero-order valence-corrected chi connectivity index (χ0v) is 19.5. The molecule has 2 aromatic heterocycles. The number of nitrogens with zero attached hydrogens (tertiary/aromatic N) is 4. The van der Waals surface area contributed by atoms with Gasteiger partial charge in [0.1, 0.15) is 11.6 Å². The highest BCUT2D eigenvalue weighted by Gasteiger charge is 2.21. The maximum absolute atomic E-state index is 12.7. The zero-order chi connectivity index (χ0) is 23.3. The summed E-state index contributed by atoms with van der Waals surface area (Å²) in [5.41, 5.74) is 3.50. The molecule has 0 atom stereocenters. The molecular formula is C24H26N4O3S. The van der Waals surface area contributed by atoms with Gasteiger partial charge >= 0.3 is 5.97 Å². The van der Waals surface area contributed by atoms with Crippen molar-refractivity contribution in [2.45, 2.75) is 40.7 Å². The third kappa shape index (κ3) is 4.89. The molecule has 2 heterocycles. The van der Waals surface area contributed by atoms with Gasteiger partial charge in [-0.15, -0.1) is 0 Å². The second-order valence-electron chi connectivity index (χ2n) is 7.33. The van der Waals surface area contributed by atoms with Crippen LogP contribution in [0.3, 0.4) is 0 Å². The number of aromatic nitrogens is 2. The number of thiazole rings is 1. The van der Waals surface area contributed by atoms with Crippen LogP contribution in [0.4, 0.5) is 5.13 Å². The van der Waals surface area contributed by atoms with Gasteiger partial charge in [-0.3, -0.25) is 9.69 Å². The number of likely N-dealkylation sites (N-methyl/N-ethyl adjacent to an activating group) is 1. The first kappa shape index (κ1) is 23.2. The number of aryl methyl sites for hydroxylation is 1. The standard InChI is InChI=1S/C24H26N4O3S/c1-5-11-28-16(3)12-18(17(28)4)13-19(14-25)23(30)31-15-22(29)27(6-2)24-26-20-9-7-8-10-21(20)32-24/h7-10,12-13H,5-6,11,15H2,1-4H3/b19-13+. The molecule has 0 saturated heterocycles. The van der Waals surface area contributed by atoms with Gasteiger partial charge in [-0.1, -0.05) is 30.4 Å². The maximum atomic E-state index is 12.7. The number of nitriles is 1. The van der Waals surface area contributed by atoms with Gasteiger partial charge in [0, 0.05) is 24.5 Å². The van der Waals surface area contributed by atoms with Crippen LogP contribution in [0, 0.1) is 25.2 Å². The molecule has 0 radical (unpaired) electrons. The highest BCUT2D eigenvalue weighted by molar-refractivity contribution is 7.22. The summed E-state index contributed by atoms with van der Waals surface area (Å²) < 4.78 is 8.30. The smallest absolute Gasteiger partial charge is 0.349 e. The summed E-state index contributed by atoms with van der Waals surface area (Å²) in [4.78, 5) is 31.2. The molecule has 32 heavy (non-hydrogen) atoms. The van der Waals surface area contributed by atoms with Crippen molar-refractivity contribution < 1.29 is 14.3 Å². The van der Waals surface area contributed by atoms with Gasteiger partial charge in [0.25, 0.3) is 5.91 Å². The number of carbonyl (C=O) groups is 2. The number of amides is 1. The lowest BCUT2D eigenvalue weighted by atomic mass is 10.1. The molecule has 1 aromatic carbocycles. The Labute approximate surface area is 191 Å². The number of ether oxygens (including phenoxy) is 1. The van der Waals surface area contributed by atoms with Crippen molar-refractivity contribution in [3.05, 3.63) is 52.9 Å². The van der Waals surface area contributed by atoms with Gasteiger partial charge in [-0.2, -0.15) is 5.26 Å². The number of anilines is 1. The SMILES string of the molecule is CCCn1c(C)cc(/C=C(\C#N)C(=O)OCC(=O)N(CC)c2nc3ccccc3s2)c1C. The van der Waals surface area contributed by atoms with E-state index in [4.69, 9.17) is 4.74 Å². The van der Waals surface area contributed by atoms with Crippen molar-refractivity contribution in [2.75, 3.05) is 18.1 Å². The molecule has 0 spiro atoms. The van der Waals surface area contributed by atoms with E-state index in [0.717, 1.165) is 40.1 Å². The van der Waals surface area contributed by atoms with Crippen LogP contribution < -0.4 is 4.90 Å². The molecule has 3 aromatic rings. The highest BCUT2D eigenvalue weighted by Crippen LogP contribution is 2.28. The molecule has 3 rings (SSSR count). The fraction of sp³-hybridized carbons (Fsp3) is 0.333. The van der Waals surface area contributed by atoms with Gasteiger partial charge in [0.15, 0.2) is 11.7 Å². The molecule has 0 saturated carbocycles. The lowest BCUT2D eigenvalue weighted by Crippen LogP contribution is -2.34. The van der Waals surface area contributed by atoms with Crippen LogP contribution in [0.15, 0.2) is 35.9 Å². The first-order chi connectivity index (χ1) is 15.4. The van der Waals surface area contributed by atoms with Crippen molar-refractivity contribution >= 4 is 44.6 Å². The van der Waals surface area contributed by atoms with Crippen molar-refractivity contribution in [2.24, 2.45) is 0 Å². The van der Waals surface area contributed by atoms with Crippen molar-refractivity contribution in [1.82, 2.24) is 9.55 Å². The van der Waals surface area contributed by atoms with Crippen LogP contribution >= 0.6 is 11.3 Å². The van der Waals surface area contributed by atoms with E-state index in [9.17, 15) is 14.9 Å². The summed E-state index contributed by atoms with van der Waals surface area (Å²) in [7, 11) is 0. The lowest BCUT2D eigenvalue weighted by molar-refractivity contribution is -0.143. The molecule has 166 valence electrons. The summed E-state index contributed by atoms with van der Waals surface area (Å²) in [5.74, 6) is -1.21. The number of benzene rings is 1. The van der Waals surface area contributed by atoms with E-state index in [1.165, 1.54) is 22.3 Å². The molecule has 1 amide bonds. The van der Waals surface area contributed by atoms with Crippen molar-refractivity contribution in [3.63, 3.8) is 0 Å². The second-order valence-corrected chi connectivity index (χ2v) is 8.34. The number of rotatable bonds is 8. The topological polar surface area (TPSA) is 88.2 Å². The van der Waals surface area contributed by atoms with Crippen molar-refractivity contribution in [3.8, 4) is 6.07 Å². The number of hydrogen-bond donors (Lipinski definition) is 0. The first-order valence-electron chi connectivity index (χ1n) is 10.5. The van der Waals surface area contributed by atoms with Crippen LogP contribution in [-0.4, -0.2) is 34.6 Å². The van der Waals surface area contributed by atoms with Gasteiger partial charge in [0.05, 0.1) is 10.2 Å². The highest BCUT2D eigenvalue weighted by atomic mass is 32.1. The summed E-state index contributed by atoms with van der Waals surface area (Å²) >= 11 is 1.40. The van der Waals surface area contributed by atoms with Crippen LogP contribution in [0.1, 0.15) is 37.2 Å². The monoisotopic (exact) mass is 450 g/mol. The fourth-order valence-corrected chi connectivity index (χ4v) is 4.56. The molecule has 0 aliphatic carbocycles. The molecule has 0 N–H and O–H groups in total. The molecule has 8 heteroatoms. The third-order valence-corrected chi connectivity index (χ3v) is 6.22. The first-order valence-corrected chi connectivity index (χ1v) is 11.3. The normalized spacial score (nSPS) is 11.4. The Morgan fingerprint density at radius 1 is 1.28 bits per heavy atom. The van der Waals surface area contributed by atoms with E-state index in [1.54, 1.807) is 0 Å². The molecular weight excluding hydrogens is 424 g/mol. The number of hydrogen-bond acceptors (Lipinski definition) is 6. The average Bonchev–Trinajstić information content (AvgIpc) is 3.32. The van der Waals surface area contributed by atoms with Crippen LogP contribution in [0.5, 0.6) is 0 Å². The minimum atomic E-state index is -0.818. The van der Waals surface area contributed by atoms with Crippen LogP contribution in [0.25, 0.3) is 16.3 Å². The fourth-order valence-electron chi connectivity index (χ4n) is 3.51. The average molecular weight is 451 g/mol. The number of carbonyl (C=O) groups excluding carboxylic acids is 2. The number of para-hydroxylation sites is 1.